The predicted octanol–water partition coefficient (Wildman–Crippen LogP) is 2.99. The minimum Gasteiger partial charge on any atom is -0.378 e. The number of nitrogens with one attached hydrogen (secondary N) is 1. The molecule has 1 saturated heterocycles. The Bertz CT molecular complexity index is 684. The van der Waals surface area contributed by atoms with Crippen LogP contribution < -0.4 is 0 Å². The number of piperidine rings is 1. The van der Waals surface area contributed by atoms with E-state index in [9.17, 15) is 4.79 Å². The van der Waals surface area contributed by atoms with Crippen LogP contribution >= 0.6 is 0 Å². The summed E-state index contributed by atoms with van der Waals surface area (Å²) in [5, 5.41) is 7.41. The van der Waals surface area contributed by atoms with Crippen molar-refractivity contribution in [3.05, 3.63) is 36.2 Å². The molecule has 0 saturated carbocycles. The van der Waals surface area contributed by atoms with Gasteiger partial charge in [0.15, 0.2) is 5.82 Å². The van der Waals surface area contributed by atoms with Crippen molar-refractivity contribution in [3.8, 4) is 11.4 Å². The first-order valence-electron chi connectivity index (χ1n) is 9.00. The van der Waals surface area contributed by atoms with Gasteiger partial charge < -0.3 is 9.64 Å². The molecule has 2 heterocycles. The zero-order chi connectivity index (χ0) is 17.6. The van der Waals surface area contributed by atoms with Crippen LogP contribution in [0.15, 0.2) is 30.3 Å². The first-order chi connectivity index (χ1) is 12.1. The third-order valence-corrected chi connectivity index (χ3v) is 4.46. The second kappa shape index (κ2) is 8.25. The Balaban J connectivity index is 1.60. The second-order valence-corrected chi connectivity index (χ2v) is 6.76. The first kappa shape index (κ1) is 17.6. The molecule has 6 nitrogen and oxygen atoms in total. The van der Waals surface area contributed by atoms with E-state index in [-0.39, 0.29) is 17.9 Å². The fourth-order valence-electron chi connectivity index (χ4n) is 3.14. The van der Waals surface area contributed by atoms with Crippen LogP contribution in [0.4, 0.5) is 0 Å². The van der Waals surface area contributed by atoms with Crippen LogP contribution in [-0.2, 0) is 9.53 Å². The number of amides is 1. The van der Waals surface area contributed by atoms with Gasteiger partial charge in [-0.1, -0.05) is 30.3 Å². The number of likely N-dealkylation sites (tertiary alicyclic amines) is 1. The minimum atomic E-state index is 0.160. The summed E-state index contributed by atoms with van der Waals surface area (Å²) in [5.74, 6) is 1.96. The standard InChI is InChI=1S/C19H26N4O2/c1-14(2)25-12-10-17(24)23-11-6-9-16(13-23)19-20-18(21-22-19)15-7-4-3-5-8-15/h3-5,7-8,14,16H,6,9-13H2,1-2H3,(H,20,21,22)/t16-/m0/s1. The maximum Gasteiger partial charge on any atom is 0.224 e. The average Bonchev–Trinajstić information content (AvgIpc) is 3.12. The van der Waals surface area contributed by atoms with Gasteiger partial charge in [0.05, 0.1) is 19.1 Å². The molecule has 25 heavy (non-hydrogen) atoms. The Labute approximate surface area is 148 Å². The van der Waals surface area contributed by atoms with E-state index in [2.05, 4.69) is 15.2 Å². The molecule has 3 rings (SSSR count). The number of aromatic amines is 1. The van der Waals surface area contributed by atoms with E-state index in [1.54, 1.807) is 0 Å². The number of benzene rings is 1. The molecule has 134 valence electrons. The van der Waals surface area contributed by atoms with Crippen LogP contribution in [-0.4, -0.2) is 51.8 Å². The molecule has 1 aliphatic rings. The molecule has 0 unspecified atom stereocenters. The number of aromatic nitrogens is 3. The van der Waals surface area contributed by atoms with Crippen LogP contribution in [0.2, 0.25) is 0 Å². The first-order valence-corrected chi connectivity index (χ1v) is 9.00. The van der Waals surface area contributed by atoms with Gasteiger partial charge >= 0.3 is 0 Å². The molecule has 1 aromatic carbocycles. The van der Waals surface area contributed by atoms with E-state index < -0.39 is 0 Å². The van der Waals surface area contributed by atoms with Crippen LogP contribution in [0.25, 0.3) is 11.4 Å². The summed E-state index contributed by atoms with van der Waals surface area (Å²) in [6.45, 7) is 5.96. The molecule has 6 heteroatoms. The zero-order valence-corrected chi connectivity index (χ0v) is 14.9. The molecule has 1 atom stereocenters. The topological polar surface area (TPSA) is 71.1 Å². The minimum absolute atomic E-state index is 0.160. The summed E-state index contributed by atoms with van der Waals surface area (Å²) in [4.78, 5) is 19.0. The molecule has 0 bridgehead atoms. The zero-order valence-electron chi connectivity index (χ0n) is 14.9. The van der Waals surface area contributed by atoms with E-state index in [1.807, 2.05) is 49.1 Å². The molecule has 1 aromatic heterocycles. The molecule has 0 spiro atoms. The highest BCUT2D eigenvalue weighted by Gasteiger charge is 2.27. The lowest BCUT2D eigenvalue weighted by atomic mass is 9.97. The van der Waals surface area contributed by atoms with Gasteiger partial charge in [-0.05, 0) is 26.7 Å². The van der Waals surface area contributed by atoms with Crippen molar-refractivity contribution in [2.24, 2.45) is 0 Å². The molecule has 2 aromatic rings. The molecule has 0 aliphatic carbocycles. The summed E-state index contributed by atoms with van der Waals surface area (Å²) >= 11 is 0. The fraction of sp³-hybridized carbons (Fsp3) is 0.526. The number of H-pyrrole nitrogens is 1. The Morgan fingerprint density at radius 3 is 2.92 bits per heavy atom. The number of hydrogen-bond donors (Lipinski definition) is 1. The summed E-state index contributed by atoms with van der Waals surface area (Å²) < 4.78 is 5.49. The predicted molar refractivity (Wildman–Crippen MR) is 96.1 cm³/mol. The molecule has 1 N–H and O–H groups in total. The smallest absolute Gasteiger partial charge is 0.224 e. The summed E-state index contributed by atoms with van der Waals surface area (Å²) in [6, 6.07) is 9.93. The number of rotatable bonds is 6. The largest absolute Gasteiger partial charge is 0.378 e. The van der Waals surface area contributed by atoms with E-state index in [1.165, 1.54) is 0 Å². The third kappa shape index (κ3) is 4.66. The van der Waals surface area contributed by atoms with E-state index in [4.69, 9.17) is 4.74 Å². The van der Waals surface area contributed by atoms with Gasteiger partial charge in [-0.15, -0.1) is 0 Å². The number of hydrogen-bond acceptors (Lipinski definition) is 4. The monoisotopic (exact) mass is 342 g/mol. The highest BCUT2D eigenvalue weighted by atomic mass is 16.5. The Hall–Kier alpha value is -2.21. The van der Waals surface area contributed by atoms with Gasteiger partial charge in [0.2, 0.25) is 5.91 Å². The van der Waals surface area contributed by atoms with Crippen LogP contribution in [0.1, 0.15) is 44.9 Å². The van der Waals surface area contributed by atoms with Crippen molar-refractivity contribution < 1.29 is 9.53 Å². The molecule has 1 amide bonds. The highest BCUT2D eigenvalue weighted by Crippen LogP contribution is 2.26. The highest BCUT2D eigenvalue weighted by molar-refractivity contribution is 5.76. The lowest BCUT2D eigenvalue weighted by Crippen LogP contribution is -2.39. The number of ether oxygens (including phenoxy) is 1. The maximum absolute atomic E-state index is 12.4. The van der Waals surface area contributed by atoms with Crippen molar-refractivity contribution in [3.63, 3.8) is 0 Å². The van der Waals surface area contributed by atoms with Gasteiger partial charge in [-0.2, -0.15) is 5.10 Å². The van der Waals surface area contributed by atoms with Gasteiger partial charge in [0.25, 0.3) is 0 Å². The van der Waals surface area contributed by atoms with Crippen LogP contribution in [0.3, 0.4) is 0 Å². The van der Waals surface area contributed by atoms with Gasteiger partial charge in [0.1, 0.15) is 5.82 Å². The second-order valence-electron chi connectivity index (χ2n) is 6.76. The van der Waals surface area contributed by atoms with Crippen LogP contribution in [0.5, 0.6) is 0 Å². The normalized spacial score (nSPS) is 17.9. The summed E-state index contributed by atoms with van der Waals surface area (Å²) in [6.07, 6.45) is 2.61. The number of carbonyl (C=O) groups excluding carboxylic acids is 1. The van der Waals surface area contributed by atoms with E-state index in [0.29, 0.717) is 25.4 Å². The van der Waals surface area contributed by atoms with Crippen molar-refractivity contribution in [2.75, 3.05) is 19.7 Å². The molecular formula is C19H26N4O2. The summed E-state index contributed by atoms with van der Waals surface area (Å²) in [5.41, 5.74) is 1.000. The van der Waals surface area contributed by atoms with Crippen molar-refractivity contribution in [2.45, 2.75) is 45.1 Å². The number of nitrogens with zero attached hydrogens (tertiary/aromatic N) is 3. The Kier molecular flexibility index (Phi) is 5.81. The van der Waals surface area contributed by atoms with Gasteiger partial charge in [-0.3, -0.25) is 9.89 Å². The third-order valence-electron chi connectivity index (χ3n) is 4.46. The van der Waals surface area contributed by atoms with E-state index >= 15 is 0 Å². The van der Waals surface area contributed by atoms with Crippen molar-refractivity contribution in [1.82, 2.24) is 20.1 Å². The quantitative estimate of drug-likeness (QED) is 0.876. The van der Waals surface area contributed by atoms with Crippen molar-refractivity contribution >= 4 is 5.91 Å². The fourth-order valence-corrected chi connectivity index (χ4v) is 3.14. The Morgan fingerprint density at radius 1 is 1.36 bits per heavy atom. The Morgan fingerprint density at radius 2 is 2.16 bits per heavy atom. The lowest BCUT2D eigenvalue weighted by Gasteiger charge is -2.31. The number of carbonyl (C=O) groups is 1. The van der Waals surface area contributed by atoms with E-state index in [0.717, 1.165) is 30.8 Å². The van der Waals surface area contributed by atoms with Crippen LogP contribution in [0, 0.1) is 0 Å². The maximum atomic E-state index is 12.4. The summed E-state index contributed by atoms with van der Waals surface area (Å²) in [7, 11) is 0. The molecule has 0 radical (unpaired) electrons. The molecular weight excluding hydrogens is 316 g/mol. The average molecular weight is 342 g/mol. The van der Waals surface area contributed by atoms with Gasteiger partial charge in [0, 0.05) is 24.6 Å². The van der Waals surface area contributed by atoms with Crippen molar-refractivity contribution in [1.29, 1.82) is 0 Å². The molecule has 1 aliphatic heterocycles. The lowest BCUT2D eigenvalue weighted by molar-refractivity contribution is -0.133. The molecule has 1 fully saturated rings. The SMILES string of the molecule is CC(C)OCCC(=O)N1CCC[C@H](c2nc(-c3ccccc3)n[nH]2)C1. The van der Waals surface area contributed by atoms with Gasteiger partial charge in [-0.25, -0.2) is 4.98 Å².